The molecule has 0 nitrogen and oxygen atoms in total. The zero-order valence-electron chi connectivity index (χ0n) is 24.2. The van der Waals surface area contributed by atoms with Gasteiger partial charge in [-0.1, -0.05) is 144 Å². The van der Waals surface area contributed by atoms with Gasteiger partial charge in [-0.05, 0) is 89.7 Å². The van der Waals surface area contributed by atoms with Crippen molar-refractivity contribution in [2.24, 2.45) is 0 Å². The minimum Gasteiger partial charge on any atom is -0.0843 e. The molecule has 1 spiro atoms. The fraction of sp³-hybridized carbons (Fsp3) is 0.231. The molecule has 2 aliphatic carbocycles. The van der Waals surface area contributed by atoms with Crippen LogP contribution in [-0.4, -0.2) is 0 Å². The maximum absolute atomic E-state index is 6.85. The van der Waals surface area contributed by atoms with Gasteiger partial charge in [0, 0.05) is 5.02 Å². The first-order valence-corrected chi connectivity index (χ1v) is 14.7. The molecular formula is C39H35Cl. The van der Waals surface area contributed by atoms with Crippen molar-refractivity contribution < 1.29 is 0 Å². The molecule has 2 aliphatic rings. The SMILES string of the molecule is CC(C)(C)c1ccc2c(c1)C1(c3cc(C(C)(C)C)ccc3-2)c2cc(Cl)ccc2-c2c(-c3ccccc3)cccc21. The Bertz CT molecular complexity index is 1750. The number of halogens is 1. The van der Waals surface area contributed by atoms with E-state index in [4.69, 9.17) is 11.6 Å². The lowest BCUT2D eigenvalue weighted by molar-refractivity contribution is 0.586. The molecule has 0 radical (unpaired) electrons. The van der Waals surface area contributed by atoms with Gasteiger partial charge in [0.25, 0.3) is 0 Å². The number of fused-ring (bicyclic) bond motifs is 10. The van der Waals surface area contributed by atoms with Gasteiger partial charge in [0.05, 0.1) is 5.41 Å². The Morgan fingerprint density at radius 3 is 1.60 bits per heavy atom. The average molecular weight is 539 g/mol. The third-order valence-electron chi connectivity index (χ3n) is 9.08. The van der Waals surface area contributed by atoms with E-state index in [1.54, 1.807) is 0 Å². The van der Waals surface area contributed by atoms with E-state index < -0.39 is 5.41 Å². The highest BCUT2D eigenvalue weighted by molar-refractivity contribution is 6.31. The minimum atomic E-state index is -0.437. The second-order valence-corrected chi connectivity index (χ2v) is 14.0. The molecule has 1 heteroatoms. The summed E-state index contributed by atoms with van der Waals surface area (Å²) in [5, 5.41) is 0.779. The monoisotopic (exact) mass is 538 g/mol. The largest absolute Gasteiger partial charge is 0.0843 e. The Kier molecular flexibility index (Phi) is 5.36. The van der Waals surface area contributed by atoms with E-state index in [1.165, 1.54) is 66.8 Å². The van der Waals surface area contributed by atoms with Crippen LogP contribution in [0.4, 0.5) is 0 Å². The van der Waals surface area contributed by atoms with Crippen molar-refractivity contribution in [3.63, 3.8) is 0 Å². The lowest BCUT2D eigenvalue weighted by Crippen LogP contribution is -2.27. The highest BCUT2D eigenvalue weighted by Crippen LogP contribution is 2.65. The van der Waals surface area contributed by atoms with Gasteiger partial charge in [0.15, 0.2) is 0 Å². The van der Waals surface area contributed by atoms with E-state index in [1.807, 2.05) is 0 Å². The van der Waals surface area contributed by atoms with Gasteiger partial charge in [-0.15, -0.1) is 0 Å². The van der Waals surface area contributed by atoms with Crippen LogP contribution >= 0.6 is 11.6 Å². The molecule has 7 rings (SSSR count). The Hall–Kier alpha value is -3.61. The predicted octanol–water partition coefficient (Wildman–Crippen LogP) is 10.9. The second-order valence-electron chi connectivity index (χ2n) is 13.6. The third kappa shape index (κ3) is 3.45. The van der Waals surface area contributed by atoms with Crippen molar-refractivity contribution in [1.82, 2.24) is 0 Å². The van der Waals surface area contributed by atoms with Crippen LogP contribution in [0.2, 0.25) is 5.02 Å². The Labute approximate surface area is 243 Å². The first kappa shape index (κ1) is 25.4. The number of hydrogen-bond donors (Lipinski definition) is 0. The Morgan fingerprint density at radius 2 is 1.02 bits per heavy atom. The molecule has 0 aliphatic heterocycles. The van der Waals surface area contributed by atoms with Crippen LogP contribution < -0.4 is 0 Å². The summed E-state index contributed by atoms with van der Waals surface area (Å²) in [4.78, 5) is 0. The van der Waals surface area contributed by atoms with Gasteiger partial charge in [-0.2, -0.15) is 0 Å². The lowest BCUT2D eigenvalue weighted by atomic mass is 9.68. The molecule has 5 aromatic carbocycles. The Morgan fingerprint density at radius 1 is 0.475 bits per heavy atom. The molecule has 0 atom stereocenters. The smallest absolute Gasteiger partial charge is 0.0726 e. The molecule has 0 heterocycles. The van der Waals surface area contributed by atoms with Crippen molar-refractivity contribution in [2.75, 3.05) is 0 Å². The molecule has 0 amide bonds. The standard InChI is InChI=1S/C39H35Cl/c1-37(2,3)25-15-18-29-30-19-16-26(38(4,5)6)22-34(30)39(33(29)21-25)32-14-10-13-28(24-11-8-7-9-12-24)36(32)31-20-17-27(40)23-35(31)39/h7-23H,1-6H3. The van der Waals surface area contributed by atoms with Crippen LogP contribution in [0.15, 0.2) is 103 Å². The predicted molar refractivity (Wildman–Crippen MR) is 171 cm³/mol. The summed E-state index contributed by atoms with van der Waals surface area (Å²) in [6, 6.07) is 38.6. The minimum absolute atomic E-state index is 0.0338. The quantitative estimate of drug-likeness (QED) is 0.195. The van der Waals surface area contributed by atoms with Crippen LogP contribution in [0.5, 0.6) is 0 Å². The van der Waals surface area contributed by atoms with E-state index in [0.717, 1.165) is 5.02 Å². The number of hydrogen-bond acceptors (Lipinski definition) is 0. The van der Waals surface area contributed by atoms with Gasteiger partial charge in [0.2, 0.25) is 0 Å². The first-order chi connectivity index (χ1) is 19.0. The van der Waals surface area contributed by atoms with Crippen LogP contribution in [0, 0.1) is 0 Å². The molecule has 40 heavy (non-hydrogen) atoms. The molecule has 0 saturated carbocycles. The molecule has 5 aromatic rings. The van der Waals surface area contributed by atoms with Crippen molar-refractivity contribution in [1.29, 1.82) is 0 Å². The van der Waals surface area contributed by atoms with E-state index in [-0.39, 0.29) is 10.8 Å². The fourth-order valence-corrected chi connectivity index (χ4v) is 7.21. The second kappa shape index (κ2) is 8.45. The van der Waals surface area contributed by atoms with Gasteiger partial charge < -0.3 is 0 Å². The van der Waals surface area contributed by atoms with Crippen LogP contribution in [0.1, 0.15) is 74.9 Å². The summed E-state index contributed by atoms with van der Waals surface area (Å²) in [5.41, 5.74) is 15.5. The van der Waals surface area contributed by atoms with Crippen LogP contribution in [-0.2, 0) is 16.2 Å². The number of rotatable bonds is 1. The number of benzene rings is 5. The molecule has 198 valence electrons. The van der Waals surface area contributed by atoms with Crippen molar-refractivity contribution in [3.8, 4) is 33.4 Å². The van der Waals surface area contributed by atoms with E-state index in [9.17, 15) is 0 Å². The molecule has 0 fully saturated rings. The summed E-state index contributed by atoms with van der Waals surface area (Å²) in [6.07, 6.45) is 0. The van der Waals surface area contributed by atoms with Crippen molar-refractivity contribution in [2.45, 2.75) is 57.8 Å². The van der Waals surface area contributed by atoms with Crippen molar-refractivity contribution in [3.05, 3.63) is 142 Å². The van der Waals surface area contributed by atoms with Gasteiger partial charge in [-0.25, -0.2) is 0 Å². The molecule has 0 saturated heterocycles. The average Bonchev–Trinajstić information content (AvgIpc) is 3.38. The fourth-order valence-electron chi connectivity index (χ4n) is 7.04. The topological polar surface area (TPSA) is 0 Å². The highest BCUT2D eigenvalue weighted by Gasteiger charge is 2.53. The van der Waals surface area contributed by atoms with Gasteiger partial charge >= 0.3 is 0 Å². The first-order valence-electron chi connectivity index (χ1n) is 14.3. The van der Waals surface area contributed by atoms with Crippen molar-refractivity contribution >= 4 is 11.6 Å². The maximum Gasteiger partial charge on any atom is 0.0726 e. The molecular weight excluding hydrogens is 504 g/mol. The summed E-state index contributed by atoms with van der Waals surface area (Å²) < 4.78 is 0. The van der Waals surface area contributed by atoms with E-state index in [0.29, 0.717) is 0 Å². The normalized spacial score (nSPS) is 14.6. The zero-order chi connectivity index (χ0) is 28.0. The van der Waals surface area contributed by atoms with Gasteiger partial charge in [-0.3, -0.25) is 0 Å². The zero-order valence-corrected chi connectivity index (χ0v) is 24.9. The molecule has 0 bridgehead atoms. The summed E-state index contributed by atoms with van der Waals surface area (Å²) in [7, 11) is 0. The maximum atomic E-state index is 6.85. The van der Waals surface area contributed by atoms with Crippen LogP contribution in [0.25, 0.3) is 33.4 Å². The summed E-state index contributed by atoms with van der Waals surface area (Å²) >= 11 is 6.85. The van der Waals surface area contributed by atoms with Crippen LogP contribution in [0.3, 0.4) is 0 Å². The highest BCUT2D eigenvalue weighted by atomic mass is 35.5. The molecule has 0 aromatic heterocycles. The third-order valence-corrected chi connectivity index (χ3v) is 9.31. The summed E-state index contributed by atoms with van der Waals surface area (Å²) in [5.74, 6) is 0. The van der Waals surface area contributed by atoms with E-state index >= 15 is 0 Å². The van der Waals surface area contributed by atoms with E-state index in [2.05, 4.69) is 145 Å². The summed E-state index contributed by atoms with van der Waals surface area (Å²) in [6.45, 7) is 13.8. The molecule has 0 N–H and O–H groups in total. The van der Waals surface area contributed by atoms with Gasteiger partial charge in [0.1, 0.15) is 0 Å². The Balaban J connectivity index is 1.68. The molecule has 0 unspecified atom stereocenters. The lowest BCUT2D eigenvalue weighted by Gasteiger charge is -2.33.